The number of aromatic nitrogens is 2. The third-order valence-electron chi connectivity index (χ3n) is 6.08. The summed E-state index contributed by atoms with van der Waals surface area (Å²) in [5.41, 5.74) is 9.48. The van der Waals surface area contributed by atoms with E-state index in [9.17, 15) is 9.90 Å². The van der Waals surface area contributed by atoms with Gasteiger partial charge in [0.1, 0.15) is 5.82 Å². The number of nitrogens with one attached hydrogen (secondary N) is 2. The number of nitrogen functional groups attached to an aromatic ring is 1. The van der Waals surface area contributed by atoms with Crippen molar-refractivity contribution in [3.63, 3.8) is 0 Å². The fourth-order valence-corrected chi connectivity index (χ4v) is 4.26. The molecule has 2 heterocycles. The lowest BCUT2D eigenvalue weighted by atomic mass is 9.74. The van der Waals surface area contributed by atoms with E-state index >= 15 is 0 Å². The average molecular weight is 396 g/mol. The van der Waals surface area contributed by atoms with Crippen molar-refractivity contribution in [1.29, 1.82) is 0 Å². The largest absolute Gasteiger partial charge is 0.395 e. The van der Waals surface area contributed by atoms with E-state index in [1.54, 1.807) is 0 Å². The van der Waals surface area contributed by atoms with Crippen molar-refractivity contribution in [2.24, 2.45) is 0 Å². The fourth-order valence-electron chi connectivity index (χ4n) is 4.26. The number of carbonyl (C=O) groups excluding carboxylic acids is 1. The molecule has 1 aromatic carbocycles. The Morgan fingerprint density at radius 3 is 2.79 bits per heavy atom. The zero-order chi connectivity index (χ0) is 20.3. The number of imidazole rings is 1. The number of nitrogens with two attached hydrogens (primary N) is 1. The molecule has 0 atom stereocenters. The Morgan fingerprint density at radius 1 is 1.31 bits per heavy atom. The van der Waals surface area contributed by atoms with E-state index in [4.69, 9.17) is 10.5 Å². The third-order valence-corrected chi connectivity index (χ3v) is 6.08. The van der Waals surface area contributed by atoms with Crippen LogP contribution in [0.4, 0.5) is 11.5 Å². The molecule has 7 heteroatoms. The molecule has 0 radical (unpaired) electrons. The molecule has 0 bridgehead atoms. The number of rotatable bonds is 5. The van der Waals surface area contributed by atoms with E-state index in [0.29, 0.717) is 19.0 Å². The smallest absolute Gasteiger partial charge is 0.291 e. The SMILES string of the molecule is Nc1cnc(C(=O)Nc2ccc(C3(CO)CCOCC3)cc2C2=CCCCC2)[nH]1. The lowest BCUT2D eigenvalue weighted by molar-refractivity contribution is 0.0253. The molecule has 2 aliphatic rings. The normalized spacial score (nSPS) is 18.9. The number of hydrogen-bond acceptors (Lipinski definition) is 5. The molecule has 1 aliphatic carbocycles. The van der Waals surface area contributed by atoms with Gasteiger partial charge in [0.2, 0.25) is 0 Å². The minimum atomic E-state index is -0.324. The van der Waals surface area contributed by atoms with Crippen LogP contribution in [-0.2, 0) is 10.2 Å². The van der Waals surface area contributed by atoms with E-state index in [1.165, 1.54) is 18.2 Å². The Kier molecular flexibility index (Phi) is 5.69. The number of anilines is 2. The summed E-state index contributed by atoms with van der Waals surface area (Å²) in [5, 5.41) is 13.2. The van der Waals surface area contributed by atoms with Crippen LogP contribution in [0.3, 0.4) is 0 Å². The summed E-state index contributed by atoms with van der Waals surface area (Å²) >= 11 is 0. The van der Waals surface area contributed by atoms with Crippen molar-refractivity contribution in [3.05, 3.63) is 47.4 Å². The minimum Gasteiger partial charge on any atom is -0.395 e. The van der Waals surface area contributed by atoms with Crippen LogP contribution in [0.5, 0.6) is 0 Å². The standard InChI is InChI=1S/C22H28N4O3/c23-19-13-24-20(26-19)21(28)25-18-7-6-16(22(14-27)8-10-29-11-9-22)12-17(18)15-4-2-1-3-5-15/h4,6-7,12-13,27H,1-3,5,8-11,14,23H2,(H,24,26)(H,25,28). The van der Waals surface area contributed by atoms with Crippen LogP contribution in [0.25, 0.3) is 5.57 Å². The zero-order valence-electron chi connectivity index (χ0n) is 16.5. The fraction of sp³-hybridized carbons (Fsp3) is 0.455. The van der Waals surface area contributed by atoms with Gasteiger partial charge in [-0.15, -0.1) is 0 Å². The van der Waals surface area contributed by atoms with Gasteiger partial charge in [0.15, 0.2) is 5.82 Å². The number of hydrogen-bond donors (Lipinski definition) is 4. The number of amides is 1. The van der Waals surface area contributed by atoms with Gasteiger partial charge in [-0.2, -0.15) is 0 Å². The Bertz CT molecular complexity index is 913. The number of nitrogens with zero attached hydrogens (tertiary/aromatic N) is 1. The van der Waals surface area contributed by atoms with Gasteiger partial charge in [-0.1, -0.05) is 12.1 Å². The molecule has 1 aromatic heterocycles. The summed E-state index contributed by atoms with van der Waals surface area (Å²) in [5.74, 6) is 0.214. The van der Waals surface area contributed by atoms with Crippen molar-refractivity contribution in [3.8, 4) is 0 Å². The second-order valence-electron chi connectivity index (χ2n) is 7.93. The second-order valence-corrected chi connectivity index (χ2v) is 7.93. The number of aromatic amines is 1. The van der Waals surface area contributed by atoms with E-state index in [0.717, 1.165) is 48.9 Å². The Labute approximate surface area is 170 Å². The van der Waals surface area contributed by atoms with Crippen molar-refractivity contribution in [2.75, 3.05) is 30.9 Å². The molecule has 7 nitrogen and oxygen atoms in total. The average Bonchev–Trinajstić information content (AvgIpc) is 3.21. The van der Waals surface area contributed by atoms with Gasteiger partial charge in [0, 0.05) is 29.9 Å². The molecule has 1 aliphatic heterocycles. The number of carbonyl (C=O) groups is 1. The summed E-state index contributed by atoms with van der Waals surface area (Å²) in [7, 11) is 0. The molecule has 154 valence electrons. The molecule has 0 saturated carbocycles. The van der Waals surface area contributed by atoms with Crippen LogP contribution < -0.4 is 11.1 Å². The van der Waals surface area contributed by atoms with Gasteiger partial charge in [0.25, 0.3) is 5.91 Å². The summed E-state index contributed by atoms with van der Waals surface area (Å²) in [6.45, 7) is 1.39. The second kappa shape index (κ2) is 8.39. The highest BCUT2D eigenvalue weighted by Gasteiger charge is 2.34. The van der Waals surface area contributed by atoms with Gasteiger partial charge >= 0.3 is 0 Å². The molecule has 1 amide bonds. The van der Waals surface area contributed by atoms with E-state index in [-0.39, 0.29) is 23.8 Å². The van der Waals surface area contributed by atoms with Crippen molar-refractivity contribution >= 4 is 23.0 Å². The van der Waals surface area contributed by atoms with Crippen molar-refractivity contribution < 1.29 is 14.6 Å². The summed E-state index contributed by atoms with van der Waals surface area (Å²) in [4.78, 5) is 19.4. The maximum absolute atomic E-state index is 12.6. The maximum Gasteiger partial charge on any atom is 0.291 e. The number of aliphatic hydroxyl groups is 1. The number of ether oxygens (including phenoxy) is 1. The number of benzene rings is 1. The quantitative estimate of drug-likeness (QED) is 0.620. The zero-order valence-corrected chi connectivity index (χ0v) is 16.5. The molecule has 1 fully saturated rings. The highest BCUT2D eigenvalue weighted by molar-refractivity contribution is 6.03. The van der Waals surface area contributed by atoms with Crippen molar-refractivity contribution in [1.82, 2.24) is 9.97 Å². The predicted molar refractivity (Wildman–Crippen MR) is 113 cm³/mol. The van der Waals surface area contributed by atoms with Crippen molar-refractivity contribution in [2.45, 2.75) is 43.9 Å². The molecule has 5 N–H and O–H groups in total. The van der Waals surface area contributed by atoms with Gasteiger partial charge < -0.3 is 25.9 Å². The summed E-state index contributed by atoms with van der Waals surface area (Å²) < 4.78 is 5.52. The van der Waals surface area contributed by atoms with Crippen LogP contribution in [0.15, 0.2) is 30.5 Å². The van der Waals surface area contributed by atoms with Gasteiger partial charge in [0.05, 0.1) is 12.8 Å². The van der Waals surface area contributed by atoms with E-state index in [1.807, 2.05) is 12.1 Å². The van der Waals surface area contributed by atoms with Gasteiger partial charge in [-0.05, 0) is 61.8 Å². The van der Waals surface area contributed by atoms with Crippen LogP contribution in [-0.4, -0.2) is 40.8 Å². The summed E-state index contributed by atoms with van der Waals surface area (Å²) in [6, 6.07) is 6.10. The maximum atomic E-state index is 12.6. The predicted octanol–water partition coefficient (Wildman–Crippen LogP) is 3.24. The van der Waals surface area contributed by atoms with Gasteiger partial charge in [-0.3, -0.25) is 4.79 Å². The first kappa shape index (κ1) is 19.7. The molecular formula is C22H28N4O3. The first-order valence-corrected chi connectivity index (χ1v) is 10.3. The molecular weight excluding hydrogens is 368 g/mol. The topological polar surface area (TPSA) is 113 Å². The van der Waals surface area contributed by atoms with Crippen LogP contribution in [0, 0.1) is 0 Å². The van der Waals surface area contributed by atoms with Gasteiger partial charge in [-0.25, -0.2) is 4.98 Å². The molecule has 0 unspecified atom stereocenters. The molecule has 29 heavy (non-hydrogen) atoms. The van der Waals surface area contributed by atoms with Crippen LogP contribution in [0.1, 0.15) is 60.3 Å². The number of allylic oxidation sites excluding steroid dienone is 2. The number of H-pyrrole nitrogens is 1. The lowest BCUT2D eigenvalue weighted by Gasteiger charge is -2.36. The Morgan fingerprint density at radius 2 is 2.14 bits per heavy atom. The monoisotopic (exact) mass is 396 g/mol. The Hall–Kier alpha value is -2.64. The molecule has 0 spiro atoms. The first-order chi connectivity index (χ1) is 14.1. The lowest BCUT2D eigenvalue weighted by Crippen LogP contribution is -2.37. The number of aliphatic hydroxyl groups excluding tert-OH is 1. The molecule has 4 rings (SSSR count). The van der Waals surface area contributed by atoms with E-state index < -0.39 is 0 Å². The van der Waals surface area contributed by atoms with E-state index in [2.05, 4.69) is 27.4 Å². The highest BCUT2D eigenvalue weighted by atomic mass is 16.5. The highest BCUT2D eigenvalue weighted by Crippen LogP contribution is 2.39. The van der Waals surface area contributed by atoms with Crippen LogP contribution in [0.2, 0.25) is 0 Å². The third kappa shape index (κ3) is 4.06. The molecule has 1 saturated heterocycles. The first-order valence-electron chi connectivity index (χ1n) is 10.3. The van der Waals surface area contributed by atoms with Crippen LogP contribution >= 0.6 is 0 Å². The Balaban J connectivity index is 1.70. The summed E-state index contributed by atoms with van der Waals surface area (Å²) in [6.07, 6.45) is 9.62. The molecule has 2 aromatic rings. The minimum absolute atomic E-state index is 0.0895.